The van der Waals surface area contributed by atoms with E-state index in [2.05, 4.69) is 5.32 Å². The van der Waals surface area contributed by atoms with Crippen molar-refractivity contribution in [3.8, 4) is 0 Å². The molecule has 1 fully saturated rings. The predicted octanol–water partition coefficient (Wildman–Crippen LogP) is 1.62. The zero-order chi connectivity index (χ0) is 14.0. The van der Waals surface area contributed by atoms with E-state index in [0.29, 0.717) is 19.5 Å². The molecule has 2 rings (SSSR count). The molecule has 20 heavy (non-hydrogen) atoms. The quantitative estimate of drug-likeness (QED) is 0.914. The van der Waals surface area contributed by atoms with Gasteiger partial charge in [0.15, 0.2) is 4.90 Å². The molecule has 0 amide bonds. The molecule has 0 spiro atoms. The van der Waals surface area contributed by atoms with Gasteiger partial charge < -0.3 is 5.32 Å². The lowest BCUT2D eigenvalue weighted by atomic mass is 10.1. The second kappa shape index (κ2) is 6.80. The van der Waals surface area contributed by atoms with Crippen molar-refractivity contribution in [2.75, 3.05) is 26.7 Å². The predicted molar refractivity (Wildman–Crippen MR) is 74.4 cm³/mol. The van der Waals surface area contributed by atoms with Gasteiger partial charge in [0.2, 0.25) is 10.0 Å². The third-order valence-electron chi connectivity index (χ3n) is 3.26. The molecule has 1 N–H and O–H groups in total. The molecule has 1 aliphatic heterocycles. The molecule has 1 heterocycles. The summed E-state index contributed by atoms with van der Waals surface area (Å²) in [7, 11) is -2.31. The molecule has 0 radical (unpaired) electrons. The van der Waals surface area contributed by atoms with Crippen molar-refractivity contribution in [1.29, 1.82) is 0 Å². The number of hydrogen-bond donors (Lipinski definition) is 1. The molecule has 0 bridgehead atoms. The highest BCUT2D eigenvalue weighted by molar-refractivity contribution is 7.89. The lowest BCUT2D eigenvalue weighted by molar-refractivity contribution is 0.438. The van der Waals surface area contributed by atoms with Gasteiger partial charge in [-0.3, -0.25) is 0 Å². The number of benzene rings is 1. The van der Waals surface area contributed by atoms with Crippen LogP contribution in [0, 0.1) is 17.6 Å². The van der Waals surface area contributed by atoms with Crippen LogP contribution >= 0.6 is 12.4 Å². The van der Waals surface area contributed by atoms with Gasteiger partial charge in [-0.15, -0.1) is 12.4 Å². The van der Waals surface area contributed by atoms with E-state index in [4.69, 9.17) is 0 Å². The summed E-state index contributed by atoms with van der Waals surface area (Å²) >= 11 is 0. The van der Waals surface area contributed by atoms with Gasteiger partial charge in [0.05, 0.1) is 0 Å². The van der Waals surface area contributed by atoms with E-state index in [1.54, 1.807) is 7.05 Å². The molecule has 1 aliphatic rings. The summed E-state index contributed by atoms with van der Waals surface area (Å²) < 4.78 is 52.8. The van der Waals surface area contributed by atoms with Gasteiger partial charge in [0.25, 0.3) is 0 Å². The van der Waals surface area contributed by atoms with Crippen LogP contribution in [0.3, 0.4) is 0 Å². The molecular formula is C12H17ClF2N2O2S. The Labute approximate surface area is 123 Å². The molecule has 0 aromatic heterocycles. The Hall–Kier alpha value is -0.760. The highest BCUT2D eigenvalue weighted by atomic mass is 35.5. The highest BCUT2D eigenvalue weighted by Crippen LogP contribution is 2.27. The Balaban J connectivity index is 0.00000200. The Morgan fingerprint density at radius 2 is 1.95 bits per heavy atom. The first kappa shape index (κ1) is 17.3. The van der Waals surface area contributed by atoms with Crippen molar-refractivity contribution < 1.29 is 17.2 Å². The van der Waals surface area contributed by atoms with Crippen LogP contribution in [-0.2, 0) is 10.0 Å². The smallest absolute Gasteiger partial charge is 0.248 e. The number of hydrogen-bond acceptors (Lipinski definition) is 3. The van der Waals surface area contributed by atoms with Crippen molar-refractivity contribution in [2.24, 2.45) is 5.92 Å². The molecule has 1 saturated heterocycles. The molecular weight excluding hydrogens is 310 g/mol. The average Bonchev–Trinajstić information content (AvgIpc) is 2.78. The topological polar surface area (TPSA) is 49.4 Å². The van der Waals surface area contributed by atoms with Crippen LogP contribution in [0.2, 0.25) is 0 Å². The lowest BCUT2D eigenvalue weighted by Crippen LogP contribution is -2.31. The third-order valence-corrected chi connectivity index (χ3v) is 5.18. The normalized spacial score (nSPS) is 19.9. The van der Waals surface area contributed by atoms with Gasteiger partial charge in [-0.05, 0) is 38.1 Å². The Kier molecular flexibility index (Phi) is 5.88. The van der Waals surface area contributed by atoms with Crippen molar-refractivity contribution in [3.05, 3.63) is 29.8 Å². The van der Waals surface area contributed by atoms with Crippen LogP contribution in [0.25, 0.3) is 0 Å². The standard InChI is InChI=1S/C12H16F2N2O2S.ClH/c1-15-7-9-5-6-16(8-9)19(17,18)12-10(13)3-2-4-11(12)14;/h2-4,9,15H,5-8H2,1H3;1H. The Morgan fingerprint density at radius 3 is 2.50 bits per heavy atom. The monoisotopic (exact) mass is 326 g/mol. The number of nitrogens with zero attached hydrogens (tertiary/aromatic N) is 1. The Bertz CT molecular complexity index is 548. The first-order chi connectivity index (χ1) is 8.96. The maximum atomic E-state index is 13.6. The number of sulfonamides is 1. The first-order valence-electron chi connectivity index (χ1n) is 6.05. The summed E-state index contributed by atoms with van der Waals surface area (Å²) in [5.74, 6) is -1.91. The fourth-order valence-electron chi connectivity index (χ4n) is 2.33. The summed E-state index contributed by atoms with van der Waals surface area (Å²) in [6.45, 7) is 1.27. The minimum Gasteiger partial charge on any atom is -0.319 e. The van der Waals surface area contributed by atoms with Crippen LogP contribution < -0.4 is 5.32 Å². The zero-order valence-corrected chi connectivity index (χ0v) is 12.6. The van der Waals surface area contributed by atoms with Crippen molar-refractivity contribution >= 4 is 22.4 Å². The number of halogens is 3. The van der Waals surface area contributed by atoms with Gasteiger partial charge in [0.1, 0.15) is 11.6 Å². The fraction of sp³-hybridized carbons (Fsp3) is 0.500. The van der Waals surface area contributed by atoms with Crippen molar-refractivity contribution in [3.63, 3.8) is 0 Å². The lowest BCUT2D eigenvalue weighted by Gasteiger charge is -2.17. The van der Waals surface area contributed by atoms with Crippen LogP contribution in [0.5, 0.6) is 0 Å². The van der Waals surface area contributed by atoms with E-state index in [1.165, 1.54) is 0 Å². The number of rotatable bonds is 4. The SMILES string of the molecule is CNCC1CCN(S(=O)(=O)c2c(F)cccc2F)C1.Cl. The fourth-order valence-corrected chi connectivity index (χ4v) is 3.97. The van der Waals surface area contributed by atoms with Crippen LogP contribution in [-0.4, -0.2) is 39.4 Å². The zero-order valence-electron chi connectivity index (χ0n) is 11.0. The van der Waals surface area contributed by atoms with Gasteiger partial charge in [0, 0.05) is 13.1 Å². The Morgan fingerprint density at radius 1 is 1.35 bits per heavy atom. The van der Waals surface area contributed by atoms with Crippen molar-refractivity contribution in [1.82, 2.24) is 9.62 Å². The van der Waals surface area contributed by atoms with Crippen LogP contribution in [0.1, 0.15) is 6.42 Å². The molecule has 1 aromatic carbocycles. The third kappa shape index (κ3) is 3.28. The first-order valence-corrected chi connectivity index (χ1v) is 7.49. The summed E-state index contributed by atoms with van der Waals surface area (Å²) in [5, 5.41) is 2.97. The largest absolute Gasteiger partial charge is 0.319 e. The second-order valence-electron chi connectivity index (χ2n) is 4.63. The molecule has 114 valence electrons. The van der Waals surface area contributed by atoms with Crippen LogP contribution in [0.15, 0.2) is 23.1 Å². The highest BCUT2D eigenvalue weighted by Gasteiger charge is 2.35. The van der Waals surface area contributed by atoms with E-state index in [9.17, 15) is 17.2 Å². The van der Waals surface area contributed by atoms with E-state index in [0.717, 1.165) is 22.5 Å². The van der Waals surface area contributed by atoms with Gasteiger partial charge in [-0.25, -0.2) is 17.2 Å². The van der Waals surface area contributed by atoms with Gasteiger partial charge in [-0.2, -0.15) is 4.31 Å². The van der Waals surface area contributed by atoms with Gasteiger partial charge in [-0.1, -0.05) is 6.07 Å². The molecule has 8 heteroatoms. The summed E-state index contributed by atoms with van der Waals surface area (Å²) in [5.41, 5.74) is 0. The van der Waals surface area contributed by atoms with Gasteiger partial charge >= 0.3 is 0 Å². The van der Waals surface area contributed by atoms with E-state index in [1.807, 2.05) is 0 Å². The molecule has 0 aliphatic carbocycles. The number of nitrogens with one attached hydrogen (secondary N) is 1. The molecule has 1 aromatic rings. The summed E-state index contributed by atoms with van der Waals surface area (Å²) in [6.07, 6.45) is 0.691. The van der Waals surface area contributed by atoms with Crippen LogP contribution in [0.4, 0.5) is 8.78 Å². The van der Waals surface area contributed by atoms with E-state index >= 15 is 0 Å². The second-order valence-corrected chi connectivity index (χ2v) is 6.50. The maximum Gasteiger partial charge on any atom is 0.248 e. The molecule has 0 saturated carbocycles. The average molecular weight is 327 g/mol. The van der Waals surface area contributed by atoms with E-state index in [-0.39, 0.29) is 24.9 Å². The maximum absolute atomic E-state index is 13.6. The molecule has 4 nitrogen and oxygen atoms in total. The minimum atomic E-state index is -4.10. The van der Waals surface area contributed by atoms with Crippen molar-refractivity contribution in [2.45, 2.75) is 11.3 Å². The minimum absolute atomic E-state index is 0. The molecule has 1 unspecified atom stereocenters. The molecule has 1 atom stereocenters. The summed E-state index contributed by atoms with van der Waals surface area (Å²) in [6, 6.07) is 3.06. The summed E-state index contributed by atoms with van der Waals surface area (Å²) in [4.78, 5) is -0.847. The van der Waals surface area contributed by atoms with E-state index < -0.39 is 26.6 Å².